The third-order valence-electron chi connectivity index (χ3n) is 4.84. The third kappa shape index (κ3) is 3.59. The molecule has 0 unspecified atom stereocenters. The van der Waals surface area contributed by atoms with Crippen molar-refractivity contribution in [2.75, 3.05) is 6.61 Å². The number of benzene rings is 3. The van der Waals surface area contributed by atoms with Crippen molar-refractivity contribution < 1.29 is 23.8 Å². The molecule has 29 heavy (non-hydrogen) atoms. The van der Waals surface area contributed by atoms with Gasteiger partial charge in [-0.1, -0.05) is 72.8 Å². The fourth-order valence-electron chi connectivity index (χ4n) is 3.52. The summed E-state index contributed by atoms with van der Waals surface area (Å²) < 4.78 is 18.0. The van der Waals surface area contributed by atoms with Crippen LogP contribution < -0.4 is 9.47 Å². The zero-order chi connectivity index (χ0) is 20.3. The molecule has 0 spiro atoms. The summed E-state index contributed by atoms with van der Waals surface area (Å²) in [5.41, 5.74) is -0.361. The minimum atomic E-state index is -1.45. The summed E-state index contributed by atoms with van der Waals surface area (Å²) in [6, 6.07) is 25.0. The molecule has 0 aliphatic carbocycles. The van der Waals surface area contributed by atoms with Gasteiger partial charge in [-0.15, -0.1) is 0 Å². The molecule has 1 heterocycles. The molecule has 3 aromatic carbocycles. The number of carbonyl (C=O) groups is 2. The van der Waals surface area contributed by atoms with Crippen molar-refractivity contribution in [1.29, 1.82) is 0 Å². The Balaban J connectivity index is 1.90. The number of para-hydroxylation sites is 2. The number of fused-ring (bicyclic) bond motifs is 1. The fraction of sp³-hybridized carbons (Fsp3) is 0.167. The number of hydrogen-bond acceptors (Lipinski definition) is 5. The van der Waals surface area contributed by atoms with E-state index in [1.54, 1.807) is 54.6 Å². The van der Waals surface area contributed by atoms with E-state index in [2.05, 4.69) is 0 Å². The van der Waals surface area contributed by atoms with E-state index in [1.165, 1.54) is 6.92 Å². The Morgan fingerprint density at radius 2 is 1.45 bits per heavy atom. The Morgan fingerprint density at radius 3 is 2.10 bits per heavy atom. The SMILES string of the molecule is CC(=O)O[C@@]1(c2ccccc2)COc2ccccc2O[C@@H]1C(=O)c1ccccc1. The Kier molecular flexibility index (Phi) is 5.04. The summed E-state index contributed by atoms with van der Waals surface area (Å²) in [4.78, 5) is 25.7. The van der Waals surface area contributed by atoms with Crippen molar-refractivity contribution in [2.45, 2.75) is 18.6 Å². The first-order valence-electron chi connectivity index (χ1n) is 9.33. The molecule has 0 bridgehead atoms. The van der Waals surface area contributed by atoms with Crippen molar-refractivity contribution in [3.8, 4) is 11.5 Å². The summed E-state index contributed by atoms with van der Waals surface area (Å²) >= 11 is 0. The van der Waals surface area contributed by atoms with Crippen LogP contribution in [0.15, 0.2) is 84.9 Å². The molecule has 5 nitrogen and oxygen atoms in total. The number of hydrogen-bond donors (Lipinski definition) is 0. The highest BCUT2D eigenvalue weighted by atomic mass is 16.6. The Labute approximate surface area is 168 Å². The highest BCUT2D eigenvalue weighted by molar-refractivity contribution is 6.01. The molecule has 0 saturated heterocycles. The standard InChI is InChI=1S/C24H20O5/c1-17(25)29-24(19-12-6-3-7-13-19)16-27-20-14-8-9-15-21(20)28-23(24)22(26)18-10-4-2-5-11-18/h2-15,23H,16H2,1H3/t23-,24-/m1/s1. The van der Waals surface area contributed by atoms with Gasteiger partial charge in [-0.2, -0.15) is 0 Å². The second-order valence-electron chi connectivity index (χ2n) is 6.81. The van der Waals surface area contributed by atoms with Gasteiger partial charge in [-0.25, -0.2) is 0 Å². The molecule has 0 radical (unpaired) electrons. The first-order valence-corrected chi connectivity index (χ1v) is 9.33. The van der Waals surface area contributed by atoms with E-state index in [9.17, 15) is 9.59 Å². The van der Waals surface area contributed by atoms with Gasteiger partial charge in [0.2, 0.25) is 17.5 Å². The number of esters is 1. The topological polar surface area (TPSA) is 61.8 Å². The van der Waals surface area contributed by atoms with Crippen molar-refractivity contribution >= 4 is 11.8 Å². The van der Waals surface area contributed by atoms with E-state index in [0.29, 0.717) is 22.6 Å². The van der Waals surface area contributed by atoms with Gasteiger partial charge in [0.05, 0.1) is 0 Å². The molecule has 0 saturated carbocycles. The van der Waals surface area contributed by atoms with Gasteiger partial charge in [-0.05, 0) is 12.1 Å². The number of Topliss-reactive ketones (excluding diaryl/α,β-unsaturated/α-hetero) is 1. The van der Waals surface area contributed by atoms with Crippen LogP contribution in [0.1, 0.15) is 22.8 Å². The maximum absolute atomic E-state index is 13.6. The van der Waals surface area contributed by atoms with Gasteiger partial charge in [0.15, 0.2) is 11.5 Å². The van der Waals surface area contributed by atoms with Crippen LogP contribution >= 0.6 is 0 Å². The summed E-state index contributed by atoms with van der Waals surface area (Å²) in [7, 11) is 0. The predicted octanol–water partition coefficient (Wildman–Crippen LogP) is 4.17. The van der Waals surface area contributed by atoms with Crippen LogP contribution in [0.5, 0.6) is 11.5 Å². The molecule has 1 aliphatic heterocycles. The maximum atomic E-state index is 13.6. The smallest absolute Gasteiger partial charge is 0.303 e. The lowest BCUT2D eigenvalue weighted by atomic mass is 9.84. The van der Waals surface area contributed by atoms with E-state index in [4.69, 9.17) is 14.2 Å². The molecule has 3 aromatic rings. The zero-order valence-corrected chi connectivity index (χ0v) is 15.9. The van der Waals surface area contributed by atoms with Crippen molar-refractivity contribution in [1.82, 2.24) is 0 Å². The summed E-state index contributed by atoms with van der Waals surface area (Å²) in [6.07, 6.45) is -1.13. The lowest BCUT2D eigenvalue weighted by Gasteiger charge is -2.36. The molecular formula is C24H20O5. The maximum Gasteiger partial charge on any atom is 0.303 e. The van der Waals surface area contributed by atoms with Crippen LogP contribution in [-0.4, -0.2) is 24.5 Å². The third-order valence-corrected chi connectivity index (χ3v) is 4.84. The molecule has 2 atom stereocenters. The lowest BCUT2D eigenvalue weighted by molar-refractivity contribution is -0.170. The van der Waals surface area contributed by atoms with Crippen molar-refractivity contribution in [3.05, 3.63) is 96.1 Å². The van der Waals surface area contributed by atoms with Gasteiger partial charge in [0.25, 0.3) is 0 Å². The molecule has 0 fully saturated rings. The van der Waals surface area contributed by atoms with Crippen LogP contribution in [-0.2, 0) is 15.1 Å². The molecule has 146 valence electrons. The molecular weight excluding hydrogens is 368 g/mol. The molecule has 0 aromatic heterocycles. The van der Waals surface area contributed by atoms with Crippen molar-refractivity contribution in [2.24, 2.45) is 0 Å². The van der Waals surface area contributed by atoms with E-state index in [-0.39, 0.29) is 12.4 Å². The Morgan fingerprint density at radius 1 is 0.862 bits per heavy atom. The van der Waals surface area contributed by atoms with Gasteiger partial charge >= 0.3 is 5.97 Å². The monoisotopic (exact) mass is 388 g/mol. The van der Waals surface area contributed by atoms with E-state index in [1.807, 2.05) is 30.3 Å². The first-order chi connectivity index (χ1) is 14.1. The van der Waals surface area contributed by atoms with Gasteiger partial charge in [0, 0.05) is 18.1 Å². The average molecular weight is 388 g/mol. The van der Waals surface area contributed by atoms with Crippen LogP contribution in [0.4, 0.5) is 0 Å². The summed E-state index contributed by atoms with van der Waals surface area (Å²) in [5, 5.41) is 0. The van der Waals surface area contributed by atoms with Crippen LogP contribution in [0.25, 0.3) is 0 Å². The van der Waals surface area contributed by atoms with E-state index < -0.39 is 17.7 Å². The quantitative estimate of drug-likeness (QED) is 0.496. The van der Waals surface area contributed by atoms with Crippen LogP contribution in [0, 0.1) is 0 Å². The number of ether oxygens (including phenoxy) is 3. The lowest BCUT2D eigenvalue weighted by Crippen LogP contribution is -2.53. The highest BCUT2D eigenvalue weighted by Crippen LogP contribution is 2.41. The fourth-order valence-corrected chi connectivity index (χ4v) is 3.52. The Hall–Kier alpha value is -3.60. The average Bonchev–Trinajstić information content (AvgIpc) is 2.92. The van der Waals surface area contributed by atoms with E-state index >= 15 is 0 Å². The van der Waals surface area contributed by atoms with Crippen molar-refractivity contribution in [3.63, 3.8) is 0 Å². The van der Waals surface area contributed by atoms with Gasteiger partial charge in [-0.3, -0.25) is 9.59 Å². The zero-order valence-electron chi connectivity index (χ0n) is 15.9. The molecule has 0 amide bonds. The minimum absolute atomic E-state index is 0.0587. The Bertz CT molecular complexity index is 1020. The van der Waals surface area contributed by atoms with Crippen LogP contribution in [0.2, 0.25) is 0 Å². The van der Waals surface area contributed by atoms with Gasteiger partial charge < -0.3 is 14.2 Å². The molecule has 0 N–H and O–H groups in total. The second kappa shape index (κ2) is 7.80. The number of carbonyl (C=O) groups excluding carboxylic acids is 2. The normalized spacial score (nSPS) is 20.4. The largest absolute Gasteiger partial charge is 0.485 e. The van der Waals surface area contributed by atoms with Gasteiger partial charge in [0.1, 0.15) is 6.61 Å². The molecule has 1 aliphatic rings. The predicted molar refractivity (Wildman–Crippen MR) is 107 cm³/mol. The first kappa shape index (κ1) is 18.7. The number of ketones is 1. The highest BCUT2D eigenvalue weighted by Gasteiger charge is 2.52. The van der Waals surface area contributed by atoms with E-state index in [0.717, 1.165) is 0 Å². The minimum Gasteiger partial charge on any atom is -0.485 e. The molecule has 5 heteroatoms. The summed E-state index contributed by atoms with van der Waals surface area (Å²) in [6.45, 7) is 1.25. The molecule has 4 rings (SSSR count). The second-order valence-corrected chi connectivity index (χ2v) is 6.81. The summed E-state index contributed by atoms with van der Waals surface area (Å²) in [5.74, 6) is 0.0870. The number of rotatable bonds is 4. The van der Waals surface area contributed by atoms with Crippen LogP contribution in [0.3, 0.4) is 0 Å².